The first kappa shape index (κ1) is 14.2. The van der Waals surface area contributed by atoms with Crippen LogP contribution < -0.4 is 10.6 Å². The molecule has 0 aliphatic carbocycles. The van der Waals surface area contributed by atoms with Crippen LogP contribution >= 0.6 is 15.9 Å². The molecule has 3 rings (SSSR count). The highest BCUT2D eigenvalue weighted by atomic mass is 79.9. The maximum atomic E-state index is 13.1. The average molecular weight is 349 g/mol. The molecule has 0 bridgehead atoms. The molecule has 2 N–H and O–H groups in total. The molecule has 2 aromatic rings. The SMILES string of the molecule is O=C(Nc1ccc(F)cc1Br)C1CNCc2ccccc21. The van der Waals surface area contributed by atoms with Gasteiger partial charge in [-0.25, -0.2) is 4.39 Å². The molecule has 0 saturated carbocycles. The van der Waals surface area contributed by atoms with Crippen molar-refractivity contribution >= 4 is 27.5 Å². The first-order valence-corrected chi connectivity index (χ1v) is 7.49. The van der Waals surface area contributed by atoms with Crippen LogP contribution in [0.25, 0.3) is 0 Å². The van der Waals surface area contributed by atoms with Crippen LogP contribution in [0.15, 0.2) is 46.9 Å². The number of halogens is 2. The number of hydrogen-bond donors (Lipinski definition) is 2. The van der Waals surface area contributed by atoms with E-state index in [0.29, 0.717) is 16.7 Å². The van der Waals surface area contributed by atoms with E-state index in [1.807, 2.05) is 24.3 Å². The summed E-state index contributed by atoms with van der Waals surface area (Å²) in [5.41, 5.74) is 2.76. The third-order valence-electron chi connectivity index (χ3n) is 3.60. The van der Waals surface area contributed by atoms with Crippen LogP contribution in [0.1, 0.15) is 17.0 Å². The summed E-state index contributed by atoms with van der Waals surface area (Å²) < 4.78 is 13.6. The van der Waals surface area contributed by atoms with E-state index < -0.39 is 0 Å². The highest BCUT2D eigenvalue weighted by Gasteiger charge is 2.26. The Bertz CT molecular complexity index is 690. The summed E-state index contributed by atoms with van der Waals surface area (Å²) in [5.74, 6) is -0.682. The third kappa shape index (κ3) is 2.99. The Labute approximate surface area is 130 Å². The van der Waals surface area contributed by atoms with Crippen molar-refractivity contribution < 1.29 is 9.18 Å². The largest absolute Gasteiger partial charge is 0.324 e. The van der Waals surface area contributed by atoms with Gasteiger partial charge in [-0.15, -0.1) is 0 Å². The summed E-state index contributed by atoms with van der Waals surface area (Å²) in [6.07, 6.45) is 0. The van der Waals surface area contributed by atoms with E-state index in [2.05, 4.69) is 26.6 Å². The lowest BCUT2D eigenvalue weighted by Crippen LogP contribution is -2.35. The van der Waals surface area contributed by atoms with Crippen molar-refractivity contribution in [1.29, 1.82) is 0 Å². The minimum Gasteiger partial charge on any atom is -0.324 e. The molecule has 1 unspecified atom stereocenters. The molecule has 1 atom stereocenters. The Hall–Kier alpha value is -1.72. The van der Waals surface area contributed by atoms with E-state index in [4.69, 9.17) is 0 Å². The van der Waals surface area contributed by atoms with Crippen molar-refractivity contribution in [2.75, 3.05) is 11.9 Å². The molecule has 0 spiro atoms. The van der Waals surface area contributed by atoms with Gasteiger partial charge in [-0.05, 0) is 45.3 Å². The number of carbonyl (C=O) groups excluding carboxylic acids is 1. The Morgan fingerprint density at radius 2 is 2.10 bits per heavy atom. The minimum atomic E-state index is -0.343. The molecule has 0 aromatic heterocycles. The Kier molecular flexibility index (Phi) is 4.03. The molecule has 2 aromatic carbocycles. The number of nitrogens with one attached hydrogen (secondary N) is 2. The Morgan fingerprint density at radius 3 is 2.90 bits per heavy atom. The van der Waals surface area contributed by atoms with Gasteiger partial charge in [0.15, 0.2) is 0 Å². The van der Waals surface area contributed by atoms with E-state index in [1.54, 1.807) is 6.07 Å². The average Bonchev–Trinajstić information content (AvgIpc) is 2.49. The van der Waals surface area contributed by atoms with Crippen LogP contribution in [0.2, 0.25) is 0 Å². The minimum absolute atomic E-state index is 0.0954. The molecule has 3 nitrogen and oxygen atoms in total. The van der Waals surface area contributed by atoms with E-state index in [0.717, 1.165) is 17.7 Å². The van der Waals surface area contributed by atoms with Crippen molar-refractivity contribution in [3.63, 3.8) is 0 Å². The lowest BCUT2D eigenvalue weighted by atomic mass is 9.90. The monoisotopic (exact) mass is 348 g/mol. The second-order valence-electron chi connectivity index (χ2n) is 5.00. The fraction of sp³-hybridized carbons (Fsp3) is 0.188. The lowest BCUT2D eigenvalue weighted by Gasteiger charge is -2.25. The van der Waals surface area contributed by atoms with Crippen LogP contribution in [0.4, 0.5) is 10.1 Å². The first-order chi connectivity index (χ1) is 10.1. The molecule has 1 aliphatic rings. The highest BCUT2D eigenvalue weighted by molar-refractivity contribution is 9.10. The van der Waals surface area contributed by atoms with Crippen molar-refractivity contribution in [3.05, 3.63) is 63.9 Å². The smallest absolute Gasteiger partial charge is 0.233 e. The van der Waals surface area contributed by atoms with E-state index in [-0.39, 0.29) is 17.6 Å². The fourth-order valence-electron chi connectivity index (χ4n) is 2.54. The number of fused-ring (bicyclic) bond motifs is 1. The van der Waals surface area contributed by atoms with Gasteiger partial charge in [0, 0.05) is 17.6 Å². The zero-order valence-electron chi connectivity index (χ0n) is 11.2. The zero-order valence-corrected chi connectivity index (χ0v) is 12.8. The van der Waals surface area contributed by atoms with Crippen molar-refractivity contribution in [2.24, 2.45) is 0 Å². The number of benzene rings is 2. The quantitative estimate of drug-likeness (QED) is 0.873. The predicted molar refractivity (Wildman–Crippen MR) is 83.6 cm³/mol. The van der Waals surface area contributed by atoms with Crippen molar-refractivity contribution in [1.82, 2.24) is 5.32 Å². The van der Waals surface area contributed by atoms with Gasteiger partial charge < -0.3 is 10.6 Å². The highest BCUT2D eigenvalue weighted by Crippen LogP contribution is 2.28. The molecule has 1 amide bonds. The van der Waals surface area contributed by atoms with Gasteiger partial charge in [-0.1, -0.05) is 24.3 Å². The maximum absolute atomic E-state index is 13.1. The van der Waals surface area contributed by atoms with E-state index in [9.17, 15) is 9.18 Å². The number of anilines is 1. The molecule has 108 valence electrons. The fourth-order valence-corrected chi connectivity index (χ4v) is 2.99. The number of hydrogen-bond acceptors (Lipinski definition) is 2. The van der Waals surface area contributed by atoms with Gasteiger partial charge in [-0.2, -0.15) is 0 Å². The van der Waals surface area contributed by atoms with Gasteiger partial charge in [0.2, 0.25) is 5.91 Å². The summed E-state index contributed by atoms with van der Waals surface area (Å²) in [6, 6.07) is 12.1. The molecule has 1 aliphatic heterocycles. The molecule has 0 radical (unpaired) electrons. The third-order valence-corrected chi connectivity index (χ3v) is 4.26. The first-order valence-electron chi connectivity index (χ1n) is 6.69. The van der Waals surface area contributed by atoms with E-state index >= 15 is 0 Å². The molecular formula is C16H14BrFN2O. The number of carbonyl (C=O) groups is 1. The molecule has 21 heavy (non-hydrogen) atoms. The lowest BCUT2D eigenvalue weighted by molar-refractivity contribution is -0.117. The summed E-state index contributed by atoms with van der Waals surface area (Å²) >= 11 is 3.26. The van der Waals surface area contributed by atoms with Crippen LogP contribution in [0.3, 0.4) is 0 Å². The summed E-state index contributed by atoms with van der Waals surface area (Å²) in [7, 11) is 0. The summed E-state index contributed by atoms with van der Waals surface area (Å²) in [5, 5.41) is 6.10. The molecule has 0 fully saturated rings. The van der Waals surface area contributed by atoms with Crippen molar-refractivity contribution in [3.8, 4) is 0 Å². The Morgan fingerprint density at radius 1 is 1.29 bits per heavy atom. The second-order valence-corrected chi connectivity index (χ2v) is 5.85. The van der Waals surface area contributed by atoms with E-state index in [1.165, 1.54) is 12.1 Å². The van der Waals surface area contributed by atoms with Gasteiger partial charge in [-0.3, -0.25) is 4.79 Å². The standard InChI is InChI=1S/C16H14BrFN2O/c17-14-7-11(18)5-6-15(14)20-16(21)13-9-19-8-10-3-1-2-4-12(10)13/h1-7,13,19H,8-9H2,(H,20,21). The molecular weight excluding hydrogens is 335 g/mol. The van der Waals surface area contributed by atoms with Crippen molar-refractivity contribution in [2.45, 2.75) is 12.5 Å². The number of amides is 1. The van der Waals surface area contributed by atoms with Gasteiger partial charge in [0.25, 0.3) is 0 Å². The zero-order chi connectivity index (χ0) is 14.8. The number of rotatable bonds is 2. The predicted octanol–water partition coefficient (Wildman–Crippen LogP) is 3.41. The van der Waals surface area contributed by atoms with Gasteiger partial charge in [0.1, 0.15) is 5.82 Å². The van der Waals surface area contributed by atoms with Crippen LogP contribution in [0, 0.1) is 5.82 Å². The van der Waals surface area contributed by atoms with Crippen LogP contribution in [0.5, 0.6) is 0 Å². The molecule has 1 heterocycles. The molecule has 0 saturated heterocycles. The normalized spacial score (nSPS) is 17.1. The maximum Gasteiger partial charge on any atom is 0.233 e. The summed E-state index contributed by atoms with van der Waals surface area (Å²) in [4.78, 5) is 12.5. The van der Waals surface area contributed by atoms with Gasteiger partial charge >= 0.3 is 0 Å². The topological polar surface area (TPSA) is 41.1 Å². The Balaban J connectivity index is 1.83. The van der Waals surface area contributed by atoms with Crippen LogP contribution in [-0.4, -0.2) is 12.5 Å². The molecule has 5 heteroatoms. The van der Waals surface area contributed by atoms with Gasteiger partial charge in [0.05, 0.1) is 11.6 Å². The second kappa shape index (κ2) is 5.95. The summed E-state index contributed by atoms with van der Waals surface area (Å²) in [6.45, 7) is 1.38. The van der Waals surface area contributed by atoms with Crippen LogP contribution in [-0.2, 0) is 11.3 Å².